The standard InChI is InChI=1S/C19H27NO2/c21-19(20-17-9-4-2-1-3-5-10-17)14-22-18-12-11-15-7-6-8-16(15)13-18/h11-13,17H,1-10,14H2,(H,20,21). The van der Waals surface area contributed by atoms with E-state index in [0.717, 1.165) is 25.0 Å². The molecule has 2 aliphatic rings. The number of hydrogen-bond acceptors (Lipinski definition) is 2. The van der Waals surface area contributed by atoms with Crippen LogP contribution in [0.2, 0.25) is 0 Å². The quantitative estimate of drug-likeness (QED) is 0.919. The number of carbonyl (C=O) groups excluding carboxylic acids is 1. The Labute approximate surface area is 133 Å². The van der Waals surface area contributed by atoms with Crippen LogP contribution in [0.4, 0.5) is 0 Å². The first-order valence-electron chi connectivity index (χ1n) is 8.85. The van der Waals surface area contributed by atoms with Crippen LogP contribution in [0.1, 0.15) is 62.5 Å². The molecule has 22 heavy (non-hydrogen) atoms. The summed E-state index contributed by atoms with van der Waals surface area (Å²) in [5.74, 6) is 0.847. The van der Waals surface area contributed by atoms with Crippen LogP contribution in [0.3, 0.4) is 0 Å². The number of nitrogens with one attached hydrogen (secondary N) is 1. The lowest BCUT2D eigenvalue weighted by atomic mass is 9.97. The summed E-state index contributed by atoms with van der Waals surface area (Å²) in [6.07, 6.45) is 12.2. The molecule has 0 unspecified atom stereocenters. The van der Waals surface area contributed by atoms with Crippen LogP contribution in [-0.4, -0.2) is 18.6 Å². The number of amides is 1. The van der Waals surface area contributed by atoms with Gasteiger partial charge in [0, 0.05) is 6.04 Å². The van der Waals surface area contributed by atoms with Crippen LogP contribution < -0.4 is 10.1 Å². The first-order valence-corrected chi connectivity index (χ1v) is 8.85. The van der Waals surface area contributed by atoms with E-state index >= 15 is 0 Å². The van der Waals surface area contributed by atoms with E-state index in [1.807, 2.05) is 6.07 Å². The number of ether oxygens (including phenoxy) is 1. The molecule has 1 aromatic carbocycles. The van der Waals surface area contributed by atoms with Crippen molar-refractivity contribution in [1.82, 2.24) is 5.32 Å². The molecule has 3 nitrogen and oxygen atoms in total. The summed E-state index contributed by atoms with van der Waals surface area (Å²) in [4.78, 5) is 12.1. The van der Waals surface area contributed by atoms with Crippen LogP contribution in [0.25, 0.3) is 0 Å². The smallest absolute Gasteiger partial charge is 0.258 e. The average Bonchev–Trinajstić information content (AvgIpc) is 2.95. The van der Waals surface area contributed by atoms with Crippen molar-refractivity contribution in [2.75, 3.05) is 6.61 Å². The van der Waals surface area contributed by atoms with E-state index in [0.29, 0.717) is 6.04 Å². The Balaban J connectivity index is 1.45. The summed E-state index contributed by atoms with van der Waals surface area (Å²) in [5, 5.41) is 3.15. The maximum Gasteiger partial charge on any atom is 0.258 e. The Morgan fingerprint density at radius 2 is 1.73 bits per heavy atom. The lowest BCUT2D eigenvalue weighted by molar-refractivity contribution is -0.123. The van der Waals surface area contributed by atoms with Crippen LogP contribution in [0, 0.1) is 0 Å². The van der Waals surface area contributed by atoms with Crippen molar-refractivity contribution in [2.24, 2.45) is 0 Å². The number of carbonyl (C=O) groups is 1. The molecule has 3 rings (SSSR count). The van der Waals surface area contributed by atoms with Gasteiger partial charge in [-0.05, 0) is 55.4 Å². The molecular weight excluding hydrogens is 274 g/mol. The van der Waals surface area contributed by atoms with E-state index in [1.54, 1.807) is 0 Å². The van der Waals surface area contributed by atoms with Crippen molar-refractivity contribution < 1.29 is 9.53 Å². The Kier molecular flexibility index (Phi) is 5.36. The van der Waals surface area contributed by atoms with Crippen molar-refractivity contribution in [3.63, 3.8) is 0 Å². The van der Waals surface area contributed by atoms with Gasteiger partial charge in [0.1, 0.15) is 5.75 Å². The van der Waals surface area contributed by atoms with Crippen LogP contribution >= 0.6 is 0 Å². The molecule has 1 N–H and O–H groups in total. The van der Waals surface area contributed by atoms with Gasteiger partial charge in [0.05, 0.1) is 0 Å². The van der Waals surface area contributed by atoms with Crippen LogP contribution in [0.15, 0.2) is 18.2 Å². The third-order valence-electron chi connectivity index (χ3n) is 4.91. The van der Waals surface area contributed by atoms with Gasteiger partial charge in [0.25, 0.3) is 5.91 Å². The average molecular weight is 301 g/mol. The summed E-state index contributed by atoms with van der Waals surface area (Å²) in [5.41, 5.74) is 2.82. The molecule has 0 spiro atoms. The van der Waals surface area contributed by atoms with Gasteiger partial charge in [-0.25, -0.2) is 0 Å². The molecule has 0 aliphatic heterocycles. The number of fused-ring (bicyclic) bond motifs is 1. The maximum atomic E-state index is 12.1. The first kappa shape index (κ1) is 15.4. The molecule has 0 heterocycles. The van der Waals surface area contributed by atoms with Gasteiger partial charge in [-0.1, -0.05) is 38.2 Å². The minimum Gasteiger partial charge on any atom is -0.484 e. The fourth-order valence-corrected chi connectivity index (χ4v) is 3.66. The van der Waals surface area contributed by atoms with Gasteiger partial charge in [0.2, 0.25) is 0 Å². The Morgan fingerprint density at radius 3 is 2.55 bits per heavy atom. The minimum atomic E-state index is 0.0195. The van der Waals surface area contributed by atoms with Gasteiger partial charge >= 0.3 is 0 Å². The van der Waals surface area contributed by atoms with Crippen LogP contribution in [0.5, 0.6) is 5.75 Å². The third-order valence-corrected chi connectivity index (χ3v) is 4.91. The molecule has 1 aromatic rings. The molecule has 1 saturated carbocycles. The topological polar surface area (TPSA) is 38.3 Å². The van der Waals surface area contributed by atoms with Crippen molar-refractivity contribution >= 4 is 5.91 Å². The second kappa shape index (κ2) is 7.66. The Bertz CT molecular complexity index is 504. The van der Waals surface area contributed by atoms with Crippen molar-refractivity contribution in [1.29, 1.82) is 0 Å². The van der Waals surface area contributed by atoms with E-state index in [-0.39, 0.29) is 12.5 Å². The molecule has 0 bridgehead atoms. The van der Waals surface area contributed by atoms with E-state index in [4.69, 9.17) is 4.74 Å². The summed E-state index contributed by atoms with van der Waals surface area (Å²) in [7, 11) is 0. The molecule has 1 fully saturated rings. The molecule has 0 aromatic heterocycles. The summed E-state index contributed by atoms with van der Waals surface area (Å²) >= 11 is 0. The zero-order chi connectivity index (χ0) is 15.2. The van der Waals surface area contributed by atoms with Crippen LogP contribution in [-0.2, 0) is 17.6 Å². The van der Waals surface area contributed by atoms with Crippen molar-refractivity contribution in [3.8, 4) is 5.75 Å². The van der Waals surface area contributed by atoms with Gasteiger partial charge in [-0.3, -0.25) is 4.79 Å². The van der Waals surface area contributed by atoms with E-state index in [2.05, 4.69) is 17.4 Å². The summed E-state index contributed by atoms with van der Waals surface area (Å²) in [6.45, 7) is 0.134. The lowest BCUT2D eigenvalue weighted by Gasteiger charge is -2.21. The van der Waals surface area contributed by atoms with E-state index in [1.165, 1.54) is 56.1 Å². The van der Waals surface area contributed by atoms with Gasteiger partial charge in [0.15, 0.2) is 6.61 Å². The highest BCUT2D eigenvalue weighted by Crippen LogP contribution is 2.26. The Hall–Kier alpha value is -1.51. The number of hydrogen-bond donors (Lipinski definition) is 1. The van der Waals surface area contributed by atoms with E-state index < -0.39 is 0 Å². The fraction of sp³-hybridized carbons (Fsp3) is 0.632. The maximum absolute atomic E-state index is 12.1. The first-order chi connectivity index (χ1) is 10.8. The van der Waals surface area contributed by atoms with E-state index in [9.17, 15) is 4.79 Å². The fourth-order valence-electron chi connectivity index (χ4n) is 3.66. The number of rotatable bonds is 4. The normalized spacial score (nSPS) is 19.1. The molecular formula is C19H27NO2. The SMILES string of the molecule is O=C(COc1ccc2c(c1)CCC2)NC1CCCCCCC1. The molecule has 2 aliphatic carbocycles. The molecule has 0 saturated heterocycles. The lowest BCUT2D eigenvalue weighted by Crippen LogP contribution is -2.38. The largest absolute Gasteiger partial charge is 0.484 e. The highest BCUT2D eigenvalue weighted by Gasteiger charge is 2.15. The van der Waals surface area contributed by atoms with Gasteiger partial charge in [-0.15, -0.1) is 0 Å². The summed E-state index contributed by atoms with van der Waals surface area (Å²) in [6, 6.07) is 6.58. The van der Waals surface area contributed by atoms with Gasteiger partial charge < -0.3 is 10.1 Å². The Morgan fingerprint density at radius 1 is 1.00 bits per heavy atom. The molecule has 120 valence electrons. The van der Waals surface area contributed by atoms with Gasteiger partial charge in [-0.2, -0.15) is 0 Å². The van der Waals surface area contributed by atoms with Crippen molar-refractivity contribution in [2.45, 2.75) is 70.3 Å². The molecule has 0 atom stereocenters. The summed E-state index contributed by atoms with van der Waals surface area (Å²) < 4.78 is 5.68. The molecule has 3 heteroatoms. The monoisotopic (exact) mass is 301 g/mol. The second-order valence-electron chi connectivity index (χ2n) is 6.68. The number of aryl methyl sites for hydroxylation is 2. The number of benzene rings is 1. The minimum absolute atomic E-state index is 0.0195. The second-order valence-corrected chi connectivity index (χ2v) is 6.68. The van der Waals surface area contributed by atoms with Crippen molar-refractivity contribution in [3.05, 3.63) is 29.3 Å². The highest BCUT2D eigenvalue weighted by molar-refractivity contribution is 5.77. The predicted octanol–water partition coefficient (Wildman–Crippen LogP) is 3.78. The third kappa shape index (κ3) is 4.25. The molecule has 0 radical (unpaired) electrons. The zero-order valence-corrected chi connectivity index (χ0v) is 13.4. The highest BCUT2D eigenvalue weighted by atomic mass is 16.5. The predicted molar refractivity (Wildman–Crippen MR) is 88.2 cm³/mol. The molecule has 1 amide bonds. The zero-order valence-electron chi connectivity index (χ0n) is 13.4.